The summed E-state index contributed by atoms with van der Waals surface area (Å²) in [4.78, 5) is 13.5. The molecule has 0 aromatic carbocycles. The van der Waals surface area contributed by atoms with Crippen molar-refractivity contribution in [1.82, 2.24) is 4.90 Å². The standard InChI is InChI=1S/C12H17NO4S2/c1-12(2,3)17-11(14)13-5-8-7-18-10(9(8)6-13)19(4,15)16/h7H,5-6H2,1-4H3. The van der Waals surface area contributed by atoms with E-state index in [1.165, 1.54) is 22.5 Å². The predicted molar refractivity (Wildman–Crippen MR) is 72.9 cm³/mol. The Balaban J connectivity index is 2.18. The monoisotopic (exact) mass is 303 g/mol. The van der Waals surface area contributed by atoms with Crippen LogP contribution in [0.15, 0.2) is 9.59 Å². The molecule has 0 fully saturated rings. The van der Waals surface area contributed by atoms with Gasteiger partial charge in [0.2, 0.25) is 0 Å². The second-order valence-corrected chi connectivity index (χ2v) is 8.73. The molecule has 0 saturated heterocycles. The van der Waals surface area contributed by atoms with Crippen molar-refractivity contribution >= 4 is 27.3 Å². The van der Waals surface area contributed by atoms with Crippen LogP contribution in [-0.2, 0) is 27.7 Å². The Labute approximate surface area is 117 Å². The van der Waals surface area contributed by atoms with E-state index < -0.39 is 21.5 Å². The molecule has 0 unspecified atom stereocenters. The van der Waals surface area contributed by atoms with Crippen LogP contribution in [0, 0.1) is 0 Å². The lowest BCUT2D eigenvalue weighted by atomic mass is 10.2. The van der Waals surface area contributed by atoms with Crippen molar-refractivity contribution < 1.29 is 17.9 Å². The number of carbonyl (C=O) groups excluding carboxylic acids is 1. The molecule has 1 aromatic rings. The number of hydrogen-bond donors (Lipinski definition) is 0. The molecule has 19 heavy (non-hydrogen) atoms. The van der Waals surface area contributed by atoms with E-state index in [0.29, 0.717) is 17.3 Å². The molecule has 0 atom stereocenters. The molecular formula is C12H17NO4S2. The minimum atomic E-state index is -3.23. The van der Waals surface area contributed by atoms with Crippen molar-refractivity contribution in [3.05, 3.63) is 16.5 Å². The highest BCUT2D eigenvalue weighted by Gasteiger charge is 2.32. The van der Waals surface area contributed by atoms with Gasteiger partial charge in [0.25, 0.3) is 0 Å². The zero-order valence-electron chi connectivity index (χ0n) is 11.4. The number of amides is 1. The van der Waals surface area contributed by atoms with E-state index in [-0.39, 0.29) is 0 Å². The van der Waals surface area contributed by atoms with E-state index in [1.807, 2.05) is 0 Å². The maximum Gasteiger partial charge on any atom is 0.410 e. The van der Waals surface area contributed by atoms with Gasteiger partial charge in [0.05, 0.1) is 13.1 Å². The fraction of sp³-hybridized carbons (Fsp3) is 0.583. The minimum absolute atomic E-state index is 0.302. The molecule has 0 N–H and O–H groups in total. The maximum atomic E-state index is 11.9. The molecule has 1 amide bonds. The summed E-state index contributed by atoms with van der Waals surface area (Å²) in [6, 6.07) is 0. The molecule has 2 rings (SSSR count). The van der Waals surface area contributed by atoms with Crippen molar-refractivity contribution in [1.29, 1.82) is 0 Å². The van der Waals surface area contributed by atoms with Gasteiger partial charge in [-0.15, -0.1) is 11.3 Å². The third-order valence-corrected chi connectivity index (χ3v) is 5.62. The molecule has 0 spiro atoms. The van der Waals surface area contributed by atoms with Crippen LogP contribution in [0.1, 0.15) is 31.9 Å². The van der Waals surface area contributed by atoms with Crippen molar-refractivity contribution in [2.24, 2.45) is 0 Å². The van der Waals surface area contributed by atoms with Gasteiger partial charge in [0.1, 0.15) is 9.81 Å². The van der Waals surface area contributed by atoms with Gasteiger partial charge < -0.3 is 4.74 Å². The molecule has 0 saturated carbocycles. The highest BCUT2D eigenvalue weighted by atomic mass is 32.2. The number of sulfone groups is 1. The van der Waals surface area contributed by atoms with Gasteiger partial charge in [-0.3, -0.25) is 4.90 Å². The van der Waals surface area contributed by atoms with Crippen LogP contribution in [0.5, 0.6) is 0 Å². The molecule has 1 aliphatic heterocycles. The zero-order valence-corrected chi connectivity index (χ0v) is 13.0. The van der Waals surface area contributed by atoms with E-state index >= 15 is 0 Å². The molecule has 0 radical (unpaired) electrons. The largest absolute Gasteiger partial charge is 0.444 e. The van der Waals surface area contributed by atoms with Crippen LogP contribution in [-0.4, -0.2) is 31.3 Å². The summed E-state index contributed by atoms with van der Waals surface area (Å²) < 4.78 is 28.9. The van der Waals surface area contributed by atoms with Crippen LogP contribution in [0.25, 0.3) is 0 Å². The predicted octanol–water partition coefficient (Wildman–Crippen LogP) is 2.40. The first-order valence-electron chi connectivity index (χ1n) is 5.85. The second kappa shape index (κ2) is 4.49. The Kier molecular flexibility index (Phi) is 3.38. The Bertz CT molecular complexity index is 610. The maximum absolute atomic E-state index is 11.9. The van der Waals surface area contributed by atoms with Gasteiger partial charge in [-0.05, 0) is 31.7 Å². The summed E-state index contributed by atoms with van der Waals surface area (Å²) >= 11 is 1.22. The van der Waals surface area contributed by atoms with Crippen LogP contribution >= 0.6 is 11.3 Å². The number of fused-ring (bicyclic) bond motifs is 1. The van der Waals surface area contributed by atoms with Gasteiger partial charge >= 0.3 is 6.09 Å². The molecule has 0 bridgehead atoms. The van der Waals surface area contributed by atoms with Crippen molar-refractivity contribution in [3.63, 3.8) is 0 Å². The van der Waals surface area contributed by atoms with Gasteiger partial charge in [-0.1, -0.05) is 0 Å². The van der Waals surface area contributed by atoms with E-state index in [0.717, 1.165) is 11.1 Å². The van der Waals surface area contributed by atoms with Gasteiger partial charge in [-0.2, -0.15) is 0 Å². The molecule has 2 heterocycles. The Morgan fingerprint density at radius 1 is 1.37 bits per heavy atom. The molecule has 0 aliphatic carbocycles. The van der Waals surface area contributed by atoms with Crippen LogP contribution in [0.2, 0.25) is 0 Å². The SMILES string of the molecule is CC(C)(C)OC(=O)N1Cc2csc(S(C)(=O)=O)c2C1. The van der Waals surface area contributed by atoms with E-state index in [9.17, 15) is 13.2 Å². The highest BCUT2D eigenvalue weighted by molar-refractivity contribution is 7.92. The third kappa shape index (κ3) is 3.09. The molecule has 1 aliphatic rings. The zero-order chi connectivity index (χ0) is 14.4. The Morgan fingerprint density at radius 3 is 2.53 bits per heavy atom. The molecule has 7 heteroatoms. The molecular weight excluding hydrogens is 286 g/mol. The number of hydrogen-bond acceptors (Lipinski definition) is 5. The summed E-state index contributed by atoms with van der Waals surface area (Å²) in [5.74, 6) is 0. The van der Waals surface area contributed by atoms with Crippen LogP contribution in [0.3, 0.4) is 0 Å². The average molecular weight is 303 g/mol. The number of nitrogens with zero attached hydrogens (tertiary/aromatic N) is 1. The second-order valence-electron chi connectivity index (χ2n) is 5.64. The number of ether oxygens (including phenoxy) is 1. The average Bonchev–Trinajstić information content (AvgIpc) is 2.68. The van der Waals surface area contributed by atoms with Crippen LogP contribution < -0.4 is 0 Å². The summed E-state index contributed by atoms with van der Waals surface area (Å²) in [7, 11) is -3.23. The third-order valence-electron chi connectivity index (χ3n) is 2.64. The smallest absolute Gasteiger partial charge is 0.410 e. The normalized spacial score (nSPS) is 15.5. The fourth-order valence-corrected chi connectivity index (χ4v) is 4.21. The fourth-order valence-electron chi connectivity index (χ4n) is 1.92. The molecule has 1 aromatic heterocycles. The lowest BCUT2D eigenvalue weighted by molar-refractivity contribution is 0.0241. The summed E-state index contributed by atoms with van der Waals surface area (Å²) in [6.45, 7) is 6.13. The van der Waals surface area contributed by atoms with E-state index in [1.54, 1.807) is 26.2 Å². The topological polar surface area (TPSA) is 63.7 Å². The van der Waals surface area contributed by atoms with Crippen LogP contribution in [0.4, 0.5) is 4.79 Å². The quantitative estimate of drug-likeness (QED) is 0.799. The Morgan fingerprint density at radius 2 is 2.00 bits per heavy atom. The number of rotatable bonds is 1. The van der Waals surface area contributed by atoms with Gasteiger partial charge in [-0.25, -0.2) is 13.2 Å². The Hall–Kier alpha value is -1.08. The van der Waals surface area contributed by atoms with E-state index in [2.05, 4.69) is 0 Å². The van der Waals surface area contributed by atoms with Gasteiger partial charge in [0, 0.05) is 11.8 Å². The van der Waals surface area contributed by atoms with Gasteiger partial charge in [0.15, 0.2) is 9.84 Å². The van der Waals surface area contributed by atoms with Crippen molar-refractivity contribution in [3.8, 4) is 0 Å². The lowest BCUT2D eigenvalue weighted by Crippen LogP contribution is -2.33. The lowest BCUT2D eigenvalue weighted by Gasteiger charge is -2.24. The summed E-state index contributed by atoms with van der Waals surface area (Å²) in [6.07, 6.45) is 0.781. The molecule has 5 nitrogen and oxygen atoms in total. The summed E-state index contributed by atoms with van der Waals surface area (Å²) in [5.41, 5.74) is 1.08. The first kappa shape index (κ1) is 14.3. The van der Waals surface area contributed by atoms with E-state index in [4.69, 9.17) is 4.74 Å². The van der Waals surface area contributed by atoms with Crippen molar-refractivity contribution in [2.75, 3.05) is 6.26 Å². The molecule has 106 valence electrons. The first-order valence-corrected chi connectivity index (χ1v) is 8.62. The van der Waals surface area contributed by atoms with Crippen molar-refractivity contribution in [2.45, 2.75) is 43.7 Å². The first-order chi connectivity index (χ1) is 8.58. The number of carbonyl (C=O) groups is 1. The minimum Gasteiger partial charge on any atom is -0.444 e. The number of thiophene rings is 1. The highest BCUT2D eigenvalue weighted by Crippen LogP contribution is 2.34. The summed E-state index contributed by atoms with van der Waals surface area (Å²) in [5, 5.41) is 1.80.